The van der Waals surface area contributed by atoms with Crippen molar-refractivity contribution >= 4 is 11.9 Å². The smallest absolute Gasteiger partial charge is 0.338 e. The van der Waals surface area contributed by atoms with Gasteiger partial charge in [0.1, 0.15) is 0 Å². The van der Waals surface area contributed by atoms with Crippen LogP contribution in [0.3, 0.4) is 0 Å². The Morgan fingerprint density at radius 2 is 1.44 bits per heavy atom. The summed E-state index contributed by atoms with van der Waals surface area (Å²) in [5.41, 5.74) is 2.67. The second kappa shape index (κ2) is 8.22. The number of hydrogen-bond donors (Lipinski definition) is 0. The maximum absolute atomic E-state index is 13.7. The van der Waals surface area contributed by atoms with Crippen LogP contribution in [0.15, 0.2) is 91.0 Å². The molecule has 3 aromatic rings. The van der Waals surface area contributed by atoms with Gasteiger partial charge in [-0.25, -0.2) is 4.79 Å². The summed E-state index contributed by atoms with van der Waals surface area (Å²) in [6, 6.07) is 28.7. The van der Waals surface area contributed by atoms with Gasteiger partial charge in [-0.2, -0.15) is 0 Å². The molecule has 5 rings (SSSR count). The Balaban J connectivity index is 1.63. The summed E-state index contributed by atoms with van der Waals surface area (Å²) in [5, 5.41) is 0. The van der Waals surface area contributed by atoms with Crippen LogP contribution >= 0.6 is 0 Å². The van der Waals surface area contributed by atoms with E-state index in [0.717, 1.165) is 16.7 Å². The molecule has 32 heavy (non-hydrogen) atoms. The maximum atomic E-state index is 13.7. The van der Waals surface area contributed by atoms with Gasteiger partial charge in [-0.15, -0.1) is 0 Å². The lowest BCUT2D eigenvalue weighted by atomic mass is 9.94. The van der Waals surface area contributed by atoms with Crippen molar-refractivity contribution in [3.8, 4) is 0 Å². The predicted molar refractivity (Wildman–Crippen MR) is 116 cm³/mol. The van der Waals surface area contributed by atoms with Gasteiger partial charge in [-0.05, 0) is 11.1 Å². The number of esters is 1. The third-order valence-corrected chi connectivity index (χ3v) is 6.00. The SMILES string of the molecule is COC(=O)[C@@H]1O[C@]2(c3ccccc3)CN(C(c3ccccc3)c3ccccc3)C(=O)[C@H]1O2. The molecular weight excluding hydrogens is 406 g/mol. The van der Waals surface area contributed by atoms with E-state index in [1.807, 2.05) is 91.0 Å². The van der Waals surface area contributed by atoms with Crippen molar-refractivity contribution in [2.45, 2.75) is 24.0 Å². The molecule has 6 nitrogen and oxygen atoms in total. The second-order valence-electron chi connectivity index (χ2n) is 7.91. The molecule has 0 N–H and O–H groups in total. The van der Waals surface area contributed by atoms with E-state index in [1.54, 1.807) is 4.90 Å². The number of carbonyl (C=O) groups is 2. The molecule has 0 aliphatic carbocycles. The molecule has 2 aliphatic rings. The molecular formula is C26H23NO5. The minimum atomic E-state index is -1.26. The van der Waals surface area contributed by atoms with Crippen LogP contribution < -0.4 is 0 Å². The average Bonchev–Trinajstić information content (AvgIpc) is 3.20. The first kappa shape index (κ1) is 20.4. The maximum Gasteiger partial charge on any atom is 0.338 e. The lowest BCUT2D eigenvalue weighted by molar-refractivity contribution is -0.221. The van der Waals surface area contributed by atoms with E-state index in [1.165, 1.54) is 7.11 Å². The van der Waals surface area contributed by atoms with Crippen LogP contribution in [0.2, 0.25) is 0 Å². The fraction of sp³-hybridized carbons (Fsp3) is 0.231. The highest BCUT2D eigenvalue weighted by Gasteiger charge is 2.61. The van der Waals surface area contributed by atoms with E-state index in [-0.39, 0.29) is 18.5 Å². The number of amides is 1. The standard InChI is InChI=1S/C26H23NO5/c1-30-25(29)23-22-24(28)27(17-26(31-22,32-23)20-15-9-4-10-16-20)21(18-11-5-2-6-12-18)19-13-7-3-8-14-19/h2-16,21-23H,17H2,1H3/t22-,23+,26-/m0/s1. The second-order valence-corrected chi connectivity index (χ2v) is 7.91. The summed E-state index contributed by atoms with van der Waals surface area (Å²) in [6.45, 7) is 0.133. The number of rotatable bonds is 5. The number of morpholine rings is 1. The minimum absolute atomic E-state index is 0.133. The highest BCUT2D eigenvalue weighted by atomic mass is 16.8. The third-order valence-electron chi connectivity index (χ3n) is 6.00. The molecule has 0 saturated carbocycles. The molecule has 0 aromatic heterocycles. The van der Waals surface area contributed by atoms with Crippen molar-refractivity contribution in [3.05, 3.63) is 108 Å². The van der Waals surface area contributed by atoms with Crippen molar-refractivity contribution in [2.75, 3.05) is 13.7 Å². The van der Waals surface area contributed by atoms with E-state index < -0.39 is 24.0 Å². The predicted octanol–water partition coefficient (Wildman–Crippen LogP) is 3.43. The van der Waals surface area contributed by atoms with Gasteiger partial charge in [-0.3, -0.25) is 4.79 Å². The highest BCUT2D eigenvalue weighted by molar-refractivity contribution is 5.91. The summed E-state index contributed by atoms with van der Waals surface area (Å²) in [5.74, 6) is -2.19. The molecule has 162 valence electrons. The van der Waals surface area contributed by atoms with Crippen molar-refractivity contribution in [3.63, 3.8) is 0 Å². The largest absolute Gasteiger partial charge is 0.467 e. The molecule has 1 amide bonds. The van der Waals surface area contributed by atoms with Crippen LogP contribution in [0.1, 0.15) is 22.7 Å². The fourth-order valence-electron chi connectivity index (χ4n) is 4.53. The Bertz CT molecular complexity index is 1070. The van der Waals surface area contributed by atoms with Gasteiger partial charge in [-0.1, -0.05) is 91.0 Å². The first-order valence-electron chi connectivity index (χ1n) is 10.5. The van der Waals surface area contributed by atoms with Crippen LogP contribution in [0.4, 0.5) is 0 Å². The summed E-state index contributed by atoms with van der Waals surface area (Å²) >= 11 is 0. The molecule has 2 aliphatic heterocycles. The quantitative estimate of drug-likeness (QED) is 0.582. The number of carbonyl (C=O) groups excluding carboxylic acids is 2. The monoisotopic (exact) mass is 429 g/mol. The lowest BCUT2D eigenvalue weighted by Gasteiger charge is -2.42. The first-order valence-corrected chi connectivity index (χ1v) is 10.5. The zero-order chi connectivity index (χ0) is 22.1. The van der Waals surface area contributed by atoms with Crippen molar-refractivity contribution in [2.24, 2.45) is 0 Å². The normalized spacial score (nSPS) is 24.6. The summed E-state index contributed by atoms with van der Waals surface area (Å²) in [4.78, 5) is 27.9. The van der Waals surface area contributed by atoms with Gasteiger partial charge in [0.15, 0.2) is 12.2 Å². The Morgan fingerprint density at radius 3 is 1.97 bits per heavy atom. The molecule has 0 unspecified atom stereocenters. The zero-order valence-corrected chi connectivity index (χ0v) is 17.6. The van der Waals surface area contributed by atoms with E-state index in [4.69, 9.17) is 14.2 Å². The summed E-state index contributed by atoms with van der Waals surface area (Å²) in [6.07, 6.45) is -2.23. The summed E-state index contributed by atoms with van der Waals surface area (Å²) in [7, 11) is 1.28. The molecule has 6 heteroatoms. The molecule has 2 bridgehead atoms. The number of fused-ring (bicyclic) bond motifs is 2. The van der Waals surface area contributed by atoms with Gasteiger partial charge >= 0.3 is 5.97 Å². The minimum Gasteiger partial charge on any atom is -0.467 e. The lowest BCUT2D eigenvalue weighted by Crippen LogP contribution is -2.55. The van der Waals surface area contributed by atoms with Crippen LogP contribution in [0.25, 0.3) is 0 Å². The van der Waals surface area contributed by atoms with E-state index >= 15 is 0 Å². The van der Waals surface area contributed by atoms with Gasteiger partial charge in [0, 0.05) is 5.56 Å². The molecule has 2 heterocycles. The molecule has 2 saturated heterocycles. The Hall–Kier alpha value is -3.48. The fourth-order valence-corrected chi connectivity index (χ4v) is 4.53. The van der Waals surface area contributed by atoms with E-state index in [2.05, 4.69) is 0 Å². The number of hydrogen-bond acceptors (Lipinski definition) is 5. The van der Waals surface area contributed by atoms with Gasteiger partial charge < -0.3 is 19.1 Å². The Morgan fingerprint density at radius 1 is 0.906 bits per heavy atom. The molecule has 0 spiro atoms. The van der Waals surface area contributed by atoms with Gasteiger partial charge in [0.25, 0.3) is 5.91 Å². The number of methoxy groups -OCH3 is 1. The molecule has 2 fully saturated rings. The van der Waals surface area contributed by atoms with Crippen molar-refractivity contribution < 1.29 is 23.8 Å². The Kier molecular flexibility index (Phi) is 5.25. The zero-order valence-electron chi connectivity index (χ0n) is 17.6. The van der Waals surface area contributed by atoms with Crippen LogP contribution in [-0.4, -0.2) is 42.6 Å². The third kappa shape index (κ3) is 3.38. The topological polar surface area (TPSA) is 65.1 Å². The first-order chi connectivity index (χ1) is 15.6. The van der Waals surface area contributed by atoms with Crippen LogP contribution in [0.5, 0.6) is 0 Å². The van der Waals surface area contributed by atoms with Crippen LogP contribution in [-0.2, 0) is 29.6 Å². The highest BCUT2D eigenvalue weighted by Crippen LogP contribution is 2.46. The van der Waals surface area contributed by atoms with Crippen molar-refractivity contribution in [1.29, 1.82) is 0 Å². The number of benzene rings is 3. The molecule has 3 atom stereocenters. The van der Waals surface area contributed by atoms with Crippen molar-refractivity contribution in [1.82, 2.24) is 4.90 Å². The summed E-state index contributed by atoms with van der Waals surface area (Å²) < 4.78 is 17.3. The van der Waals surface area contributed by atoms with E-state index in [9.17, 15) is 9.59 Å². The average molecular weight is 429 g/mol. The molecule has 0 radical (unpaired) electrons. The van der Waals surface area contributed by atoms with E-state index in [0.29, 0.717) is 0 Å². The van der Waals surface area contributed by atoms with Crippen LogP contribution in [0, 0.1) is 0 Å². The number of ether oxygens (including phenoxy) is 3. The van der Waals surface area contributed by atoms with Gasteiger partial charge in [0.05, 0.1) is 19.7 Å². The molecule has 3 aromatic carbocycles. The Labute approximate surface area is 186 Å². The van der Waals surface area contributed by atoms with Gasteiger partial charge in [0.2, 0.25) is 5.79 Å². The number of nitrogens with zero attached hydrogens (tertiary/aromatic N) is 1.